The van der Waals surface area contributed by atoms with Crippen LogP contribution >= 0.6 is 0 Å². The second-order valence-electron chi connectivity index (χ2n) is 6.62. The van der Waals surface area contributed by atoms with Crippen LogP contribution in [-0.2, 0) is 18.6 Å². The fourth-order valence-electron chi connectivity index (χ4n) is 2.53. The molecule has 0 aliphatic rings. The molecule has 3 rings (SSSR count). The topological polar surface area (TPSA) is 64.1 Å². The van der Waals surface area contributed by atoms with Gasteiger partial charge in [0.15, 0.2) is 5.76 Å². The van der Waals surface area contributed by atoms with Crippen LogP contribution in [0, 0.1) is 0 Å². The number of aliphatic hydroxyl groups excluding tert-OH is 1. The van der Waals surface area contributed by atoms with Crippen molar-refractivity contribution in [2.24, 2.45) is 0 Å². The lowest BCUT2D eigenvalue weighted by Gasteiger charge is -2.19. The molecule has 2 heterocycles. The van der Waals surface area contributed by atoms with Crippen LogP contribution in [0.5, 0.6) is 0 Å². The Hall–Kier alpha value is -2.40. The molecule has 0 bridgehead atoms. The summed E-state index contributed by atoms with van der Waals surface area (Å²) in [4.78, 5) is 0. The predicted molar refractivity (Wildman–Crippen MR) is 87.9 cm³/mol. The van der Waals surface area contributed by atoms with Crippen LogP contribution < -0.4 is 0 Å². The van der Waals surface area contributed by atoms with Crippen molar-refractivity contribution in [2.75, 3.05) is 0 Å². The van der Waals surface area contributed by atoms with Gasteiger partial charge < -0.3 is 9.52 Å². The molecule has 5 nitrogen and oxygen atoms in total. The first kappa shape index (κ1) is 15.5. The van der Waals surface area contributed by atoms with Crippen LogP contribution in [0.3, 0.4) is 0 Å². The van der Waals surface area contributed by atoms with E-state index in [1.807, 2.05) is 12.1 Å². The summed E-state index contributed by atoms with van der Waals surface area (Å²) in [7, 11) is 0. The molecule has 5 heteroatoms. The Morgan fingerprint density at radius 1 is 1.13 bits per heavy atom. The summed E-state index contributed by atoms with van der Waals surface area (Å²) < 4.78 is 7.21. The molecule has 3 aromatic rings. The van der Waals surface area contributed by atoms with E-state index in [2.05, 4.69) is 55.3 Å². The molecule has 23 heavy (non-hydrogen) atoms. The summed E-state index contributed by atoms with van der Waals surface area (Å²) in [6.07, 6.45) is 1.60. The largest absolute Gasteiger partial charge is 0.463 e. The second-order valence-corrected chi connectivity index (χ2v) is 6.62. The van der Waals surface area contributed by atoms with Gasteiger partial charge in [0, 0.05) is 0 Å². The van der Waals surface area contributed by atoms with Crippen LogP contribution in [-0.4, -0.2) is 20.1 Å². The molecule has 0 saturated heterocycles. The predicted octanol–water partition coefficient (Wildman–Crippen LogP) is 3.38. The lowest BCUT2D eigenvalue weighted by molar-refractivity contribution is 0.277. The molecule has 0 fully saturated rings. The Morgan fingerprint density at radius 3 is 2.43 bits per heavy atom. The van der Waals surface area contributed by atoms with Crippen molar-refractivity contribution in [3.63, 3.8) is 0 Å². The zero-order valence-corrected chi connectivity index (χ0v) is 13.7. The van der Waals surface area contributed by atoms with E-state index >= 15 is 0 Å². The molecule has 0 aliphatic heterocycles. The number of benzene rings is 1. The third-order valence-electron chi connectivity index (χ3n) is 3.86. The molecule has 1 N–H and O–H groups in total. The fraction of sp³-hybridized carbons (Fsp3) is 0.333. The Labute approximate surface area is 135 Å². The van der Waals surface area contributed by atoms with Crippen molar-refractivity contribution in [3.8, 4) is 11.5 Å². The van der Waals surface area contributed by atoms with Gasteiger partial charge in [-0.2, -0.15) is 0 Å². The van der Waals surface area contributed by atoms with E-state index in [-0.39, 0.29) is 12.0 Å². The number of hydrogen-bond acceptors (Lipinski definition) is 4. The van der Waals surface area contributed by atoms with Crippen molar-refractivity contribution in [2.45, 2.75) is 39.3 Å². The molecule has 0 aliphatic carbocycles. The number of hydrogen-bond donors (Lipinski definition) is 1. The van der Waals surface area contributed by atoms with Gasteiger partial charge in [0.2, 0.25) is 0 Å². The van der Waals surface area contributed by atoms with E-state index in [9.17, 15) is 5.11 Å². The number of aromatic nitrogens is 3. The summed E-state index contributed by atoms with van der Waals surface area (Å²) in [5.41, 5.74) is 3.79. The van der Waals surface area contributed by atoms with Gasteiger partial charge in [-0.3, -0.25) is 0 Å². The summed E-state index contributed by atoms with van der Waals surface area (Å²) in [6, 6.07) is 12.2. The number of rotatable bonds is 4. The van der Waals surface area contributed by atoms with Crippen molar-refractivity contribution in [1.29, 1.82) is 0 Å². The first-order valence-electron chi connectivity index (χ1n) is 7.65. The SMILES string of the molecule is CC(C)(C)c1ccc(Cn2nnc(CO)c2-c2ccco2)cc1. The van der Waals surface area contributed by atoms with Gasteiger partial charge in [0.25, 0.3) is 0 Å². The molecule has 1 aromatic carbocycles. The van der Waals surface area contributed by atoms with E-state index in [0.717, 1.165) is 11.3 Å². The van der Waals surface area contributed by atoms with Gasteiger partial charge in [-0.25, -0.2) is 4.68 Å². The molecule has 120 valence electrons. The molecule has 2 aromatic heterocycles. The van der Waals surface area contributed by atoms with Crippen LogP contribution in [0.15, 0.2) is 47.1 Å². The van der Waals surface area contributed by atoms with Gasteiger partial charge >= 0.3 is 0 Å². The number of furan rings is 1. The maximum absolute atomic E-state index is 9.47. The van der Waals surface area contributed by atoms with Crippen molar-refractivity contribution in [1.82, 2.24) is 15.0 Å². The Bertz CT molecular complexity index is 766. The zero-order chi connectivity index (χ0) is 16.4. The summed E-state index contributed by atoms with van der Waals surface area (Å²) in [6.45, 7) is 7.00. The maximum Gasteiger partial charge on any atom is 0.153 e. The quantitative estimate of drug-likeness (QED) is 0.802. The zero-order valence-electron chi connectivity index (χ0n) is 13.7. The van der Waals surface area contributed by atoms with E-state index in [0.29, 0.717) is 18.0 Å². The lowest BCUT2D eigenvalue weighted by Crippen LogP contribution is -2.11. The Kier molecular flexibility index (Phi) is 4.05. The van der Waals surface area contributed by atoms with Gasteiger partial charge in [0.1, 0.15) is 11.4 Å². The molecule has 0 spiro atoms. The van der Waals surface area contributed by atoms with Crippen LogP contribution in [0.4, 0.5) is 0 Å². The third kappa shape index (κ3) is 3.19. The van der Waals surface area contributed by atoms with E-state index < -0.39 is 0 Å². The molecule has 0 unspecified atom stereocenters. The van der Waals surface area contributed by atoms with Crippen LogP contribution in [0.2, 0.25) is 0 Å². The minimum Gasteiger partial charge on any atom is -0.463 e. The maximum atomic E-state index is 9.47. The standard InChI is InChI=1S/C18H21N3O2/c1-18(2,3)14-8-6-13(7-9-14)11-21-17(15(12-22)19-20-21)16-5-4-10-23-16/h4-10,22H,11-12H2,1-3H3. The highest BCUT2D eigenvalue weighted by Gasteiger charge is 2.17. The first-order valence-corrected chi connectivity index (χ1v) is 7.65. The van der Waals surface area contributed by atoms with E-state index in [1.165, 1.54) is 5.56 Å². The molecule has 0 amide bonds. The van der Waals surface area contributed by atoms with Gasteiger partial charge in [-0.05, 0) is 28.7 Å². The van der Waals surface area contributed by atoms with E-state index in [4.69, 9.17) is 4.42 Å². The normalized spacial score (nSPS) is 11.8. The highest BCUT2D eigenvalue weighted by Crippen LogP contribution is 2.25. The van der Waals surface area contributed by atoms with Gasteiger partial charge in [-0.1, -0.05) is 50.3 Å². The Balaban J connectivity index is 1.90. The molecule has 0 radical (unpaired) electrons. The minimum atomic E-state index is -0.168. The fourth-order valence-corrected chi connectivity index (χ4v) is 2.53. The van der Waals surface area contributed by atoms with Crippen LogP contribution in [0.25, 0.3) is 11.5 Å². The number of aliphatic hydroxyl groups is 1. The summed E-state index contributed by atoms with van der Waals surface area (Å²) in [5, 5.41) is 17.7. The second kappa shape index (κ2) is 6.01. The summed E-state index contributed by atoms with van der Waals surface area (Å²) >= 11 is 0. The minimum absolute atomic E-state index is 0.134. The van der Waals surface area contributed by atoms with Crippen molar-refractivity contribution >= 4 is 0 Å². The first-order chi connectivity index (χ1) is 11.0. The molecule has 0 atom stereocenters. The molecular weight excluding hydrogens is 290 g/mol. The summed E-state index contributed by atoms with van der Waals surface area (Å²) in [5.74, 6) is 0.658. The highest BCUT2D eigenvalue weighted by atomic mass is 16.3. The highest BCUT2D eigenvalue weighted by molar-refractivity contribution is 5.55. The van der Waals surface area contributed by atoms with Crippen molar-refractivity contribution in [3.05, 3.63) is 59.5 Å². The smallest absolute Gasteiger partial charge is 0.153 e. The average Bonchev–Trinajstić information content (AvgIpc) is 3.15. The Morgan fingerprint density at radius 2 is 1.87 bits per heavy atom. The molecular formula is C18H21N3O2. The molecule has 0 saturated carbocycles. The van der Waals surface area contributed by atoms with Crippen molar-refractivity contribution < 1.29 is 9.52 Å². The lowest BCUT2D eigenvalue weighted by atomic mass is 9.87. The van der Waals surface area contributed by atoms with Crippen LogP contribution in [0.1, 0.15) is 37.6 Å². The van der Waals surface area contributed by atoms with E-state index in [1.54, 1.807) is 10.9 Å². The number of nitrogens with zero attached hydrogens (tertiary/aromatic N) is 3. The monoisotopic (exact) mass is 311 g/mol. The van der Waals surface area contributed by atoms with Gasteiger partial charge in [-0.15, -0.1) is 5.10 Å². The third-order valence-corrected chi connectivity index (χ3v) is 3.86. The average molecular weight is 311 g/mol. The van der Waals surface area contributed by atoms with Gasteiger partial charge in [0.05, 0.1) is 19.4 Å².